The van der Waals surface area contributed by atoms with Crippen molar-refractivity contribution in [3.63, 3.8) is 0 Å². The van der Waals surface area contributed by atoms with Crippen molar-refractivity contribution in [2.75, 3.05) is 6.54 Å². The van der Waals surface area contributed by atoms with Crippen LogP contribution in [0.25, 0.3) is 0 Å². The number of aromatic nitrogens is 1. The maximum atomic E-state index is 13.8. The SMILES string of the molecule is CC(C)Oc1cnc2c(c1)CN(C(=O)C1(C(C)C)CCC(NC(=O)OC(C)(C)C)C1)CC2. The first kappa shape index (κ1) is 24.3. The summed E-state index contributed by atoms with van der Waals surface area (Å²) < 4.78 is 11.2. The second-order valence-corrected chi connectivity index (χ2v) is 10.8. The highest BCUT2D eigenvalue weighted by Gasteiger charge is 2.50. The second kappa shape index (κ2) is 9.28. The number of alkyl carbamates (subject to hydrolysis) is 1. The number of ether oxygens (including phenoxy) is 2. The largest absolute Gasteiger partial charge is 0.489 e. The summed E-state index contributed by atoms with van der Waals surface area (Å²) in [5.74, 6) is 1.10. The van der Waals surface area contributed by atoms with Gasteiger partial charge in [-0.2, -0.15) is 0 Å². The molecule has 0 aromatic carbocycles. The van der Waals surface area contributed by atoms with Crippen molar-refractivity contribution in [2.24, 2.45) is 11.3 Å². The van der Waals surface area contributed by atoms with Crippen molar-refractivity contribution >= 4 is 12.0 Å². The molecule has 32 heavy (non-hydrogen) atoms. The number of hydrogen-bond acceptors (Lipinski definition) is 5. The van der Waals surface area contributed by atoms with Crippen molar-refractivity contribution in [1.29, 1.82) is 0 Å². The average molecular weight is 446 g/mol. The molecule has 0 spiro atoms. The molecule has 7 heteroatoms. The van der Waals surface area contributed by atoms with Crippen LogP contribution in [0.3, 0.4) is 0 Å². The summed E-state index contributed by atoms with van der Waals surface area (Å²) in [4.78, 5) is 32.6. The van der Waals surface area contributed by atoms with Gasteiger partial charge in [0.1, 0.15) is 11.4 Å². The zero-order valence-corrected chi connectivity index (χ0v) is 20.7. The van der Waals surface area contributed by atoms with E-state index in [-0.39, 0.29) is 24.0 Å². The molecule has 0 saturated heterocycles. The number of amides is 2. The molecule has 2 amide bonds. The molecule has 1 N–H and O–H groups in total. The molecule has 2 unspecified atom stereocenters. The maximum absolute atomic E-state index is 13.8. The molecule has 1 aromatic rings. The van der Waals surface area contributed by atoms with Crippen LogP contribution < -0.4 is 10.1 Å². The van der Waals surface area contributed by atoms with Crippen LogP contribution in [-0.2, 0) is 22.5 Å². The van der Waals surface area contributed by atoms with E-state index >= 15 is 0 Å². The summed E-state index contributed by atoms with van der Waals surface area (Å²) in [5, 5.41) is 2.99. The van der Waals surface area contributed by atoms with Gasteiger partial charge in [0, 0.05) is 31.2 Å². The van der Waals surface area contributed by atoms with Gasteiger partial charge in [-0.3, -0.25) is 9.78 Å². The Bertz CT molecular complexity index is 846. The summed E-state index contributed by atoms with van der Waals surface area (Å²) in [6, 6.07) is 1.96. The molecule has 1 aromatic heterocycles. The Balaban J connectivity index is 1.71. The van der Waals surface area contributed by atoms with E-state index in [1.807, 2.05) is 45.6 Å². The molecular weight excluding hydrogens is 406 g/mol. The number of rotatable bonds is 5. The third-order valence-electron chi connectivity index (χ3n) is 6.48. The van der Waals surface area contributed by atoms with Crippen LogP contribution in [0.4, 0.5) is 4.79 Å². The van der Waals surface area contributed by atoms with E-state index in [1.54, 1.807) is 6.20 Å². The van der Waals surface area contributed by atoms with Gasteiger partial charge in [-0.15, -0.1) is 0 Å². The van der Waals surface area contributed by atoms with Crippen LogP contribution in [0.5, 0.6) is 5.75 Å². The first-order chi connectivity index (χ1) is 14.9. The molecule has 2 atom stereocenters. The molecule has 1 saturated carbocycles. The Labute approximate surface area is 192 Å². The Hall–Kier alpha value is -2.31. The predicted octanol–water partition coefficient (Wildman–Crippen LogP) is 4.47. The molecule has 178 valence electrons. The Kier molecular flexibility index (Phi) is 7.06. The minimum Gasteiger partial charge on any atom is -0.489 e. The van der Waals surface area contributed by atoms with E-state index in [9.17, 15) is 9.59 Å². The quantitative estimate of drug-likeness (QED) is 0.723. The number of carbonyl (C=O) groups excluding carboxylic acids is 2. The fourth-order valence-corrected chi connectivity index (χ4v) is 4.87. The number of nitrogens with zero attached hydrogens (tertiary/aromatic N) is 2. The molecule has 1 aliphatic carbocycles. The molecule has 2 aliphatic rings. The molecule has 2 heterocycles. The van der Waals surface area contributed by atoms with Gasteiger partial charge in [-0.05, 0) is 71.4 Å². The Morgan fingerprint density at radius 1 is 1.25 bits per heavy atom. The van der Waals surface area contributed by atoms with Gasteiger partial charge >= 0.3 is 6.09 Å². The first-order valence-electron chi connectivity index (χ1n) is 11.8. The minimum absolute atomic E-state index is 0.0546. The van der Waals surface area contributed by atoms with Gasteiger partial charge in [0.05, 0.1) is 17.7 Å². The van der Waals surface area contributed by atoms with Crippen molar-refractivity contribution in [2.45, 2.75) is 98.4 Å². The van der Waals surface area contributed by atoms with Crippen LogP contribution in [0.2, 0.25) is 0 Å². The lowest BCUT2D eigenvalue weighted by molar-refractivity contribution is -0.145. The van der Waals surface area contributed by atoms with Gasteiger partial charge in [0.25, 0.3) is 0 Å². The molecule has 3 rings (SSSR count). The van der Waals surface area contributed by atoms with Crippen molar-refractivity contribution in [3.05, 3.63) is 23.5 Å². The van der Waals surface area contributed by atoms with Crippen LogP contribution in [0.15, 0.2) is 12.3 Å². The summed E-state index contributed by atoms with van der Waals surface area (Å²) >= 11 is 0. The Morgan fingerprint density at radius 2 is 1.97 bits per heavy atom. The maximum Gasteiger partial charge on any atom is 0.407 e. The highest BCUT2D eigenvalue weighted by Crippen LogP contribution is 2.46. The number of pyridine rings is 1. The summed E-state index contributed by atoms with van der Waals surface area (Å²) in [5.41, 5.74) is 1.08. The first-order valence-corrected chi connectivity index (χ1v) is 11.8. The van der Waals surface area contributed by atoms with Crippen molar-refractivity contribution in [1.82, 2.24) is 15.2 Å². The normalized spacial score (nSPS) is 23.3. The lowest BCUT2D eigenvalue weighted by Gasteiger charge is -2.39. The molecule has 0 bridgehead atoms. The number of carbonyl (C=O) groups is 2. The van der Waals surface area contributed by atoms with Crippen molar-refractivity contribution in [3.8, 4) is 5.75 Å². The fraction of sp³-hybridized carbons (Fsp3) is 0.720. The van der Waals surface area contributed by atoms with Crippen LogP contribution in [0.1, 0.15) is 79.0 Å². The molecule has 1 aliphatic heterocycles. The van der Waals surface area contributed by atoms with Crippen molar-refractivity contribution < 1.29 is 19.1 Å². The predicted molar refractivity (Wildman–Crippen MR) is 123 cm³/mol. The van der Waals surface area contributed by atoms with E-state index in [0.717, 1.165) is 36.3 Å². The fourth-order valence-electron chi connectivity index (χ4n) is 4.87. The van der Waals surface area contributed by atoms with E-state index in [0.29, 0.717) is 19.5 Å². The van der Waals surface area contributed by atoms with E-state index < -0.39 is 17.1 Å². The summed E-state index contributed by atoms with van der Waals surface area (Å²) in [7, 11) is 0. The highest BCUT2D eigenvalue weighted by molar-refractivity contribution is 5.84. The number of nitrogens with one attached hydrogen (secondary N) is 1. The van der Waals surface area contributed by atoms with Gasteiger partial charge in [-0.1, -0.05) is 13.8 Å². The third kappa shape index (κ3) is 5.54. The zero-order chi connectivity index (χ0) is 23.7. The smallest absolute Gasteiger partial charge is 0.407 e. The zero-order valence-electron chi connectivity index (χ0n) is 20.7. The van der Waals surface area contributed by atoms with E-state index in [4.69, 9.17) is 9.47 Å². The number of fused-ring (bicyclic) bond motifs is 1. The van der Waals surface area contributed by atoms with E-state index in [1.165, 1.54) is 0 Å². The monoisotopic (exact) mass is 445 g/mol. The average Bonchev–Trinajstić information content (AvgIpc) is 3.09. The summed E-state index contributed by atoms with van der Waals surface area (Å²) in [6.45, 7) is 15.0. The van der Waals surface area contributed by atoms with Crippen LogP contribution in [-0.4, -0.2) is 46.2 Å². The second-order valence-electron chi connectivity index (χ2n) is 10.8. The molecule has 7 nitrogen and oxygen atoms in total. The minimum atomic E-state index is -0.541. The van der Waals surface area contributed by atoms with Gasteiger partial charge in [0.2, 0.25) is 5.91 Å². The number of hydrogen-bond donors (Lipinski definition) is 1. The van der Waals surface area contributed by atoms with Crippen LogP contribution >= 0.6 is 0 Å². The van der Waals surface area contributed by atoms with Gasteiger partial charge in [0.15, 0.2) is 0 Å². The topological polar surface area (TPSA) is 80.8 Å². The van der Waals surface area contributed by atoms with Crippen LogP contribution in [0, 0.1) is 11.3 Å². The van der Waals surface area contributed by atoms with Gasteiger partial charge < -0.3 is 19.7 Å². The standard InChI is InChI=1S/C25H39N3O4/c1-16(2)25(10-8-19(13-25)27-23(30)32-24(5,6)7)22(29)28-11-9-21-18(15-28)12-20(14-26-21)31-17(3)4/h12,14,16-17,19H,8-11,13,15H2,1-7H3,(H,27,30). The van der Waals surface area contributed by atoms with Gasteiger partial charge in [-0.25, -0.2) is 4.79 Å². The summed E-state index contributed by atoms with van der Waals surface area (Å²) in [6.07, 6.45) is 4.37. The molecular formula is C25H39N3O4. The lowest BCUT2D eigenvalue weighted by Crippen LogP contribution is -2.48. The lowest BCUT2D eigenvalue weighted by atomic mass is 9.74. The Morgan fingerprint density at radius 3 is 2.59 bits per heavy atom. The highest BCUT2D eigenvalue weighted by atomic mass is 16.6. The molecule has 0 radical (unpaired) electrons. The third-order valence-corrected chi connectivity index (χ3v) is 6.48. The van der Waals surface area contributed by atoms with E-state index in [2.05, 4.69) is 24.1 Å². The molecule has 1 fully saturated rings.